The largest absolute Gasteiger partial charge is 0.495 e. The standard InChI is InChI=1S/C16H15F3N2O4S/c1-9-3-6-12(25-2)13(7-9)26(23,24)20-8-14(22)21-11-5-4-10(17)15(18)16(11)19/h3-7,20H,8H2,1-2H3,(H,21,22). The molecule has 0 aliphatic rings. The minimum atomic E-state index is -4.10. The molecule has 0 fully saturated rings. The van der Waals surface area contributed by atoms with Crippen molar-refractivity contribution >= 4 is 21.6 Å². The van der Waals surface area contributed by atoms with E-state index in [0.29, 0.717) is 11.6 Å². The quantitative estimate of drug-likeness (QED) is 0.744. The van der Waals surface area contributed by atoms with Gasteiger partial charge in [-0.2, -0.15) is 0 Å². The van der Waals surface area contributed by atoms with Crippen molar-refractivity contribution in [3.63, 3.8) is 0 Å². The van der Waals surface area contributed by atoms with Gasteiger partial charge >= 0.3 is 0 Å². The Labute approximate surface area is 148 Å². The van der Waals surface area contributed by atoms with Crippen molar-refractivity contribution in [1.82, 2.24) is 4.72 Å². The molecule has 1 amide bonds. The number of methoxy groups -OCH3 is 1. The summed E-state index contributed by atoms with van der Waals surface area (Å²) in [5.41, 5.74) is 0.0423. The van der Waals surface area contributed by atoms with Gasteiger partial charge in [0, 0.05) is 0 Å². The van der Waals surface area contributed by atoms with E-state index in [1.165, 1.54) is 19.2 Å². The predicted octanol–water partition coefficient (Wildman–Crippen LogP) is 2.34. The van der Waals surface area contributed by atoms with Crippen LogP contribution in [0.1, 0.15) is 5.56 Å². The fourth-order valence-corrected chi connectivity index (χ4v) is 3.28. The zero-order chi connectivity index (χ0) is 19.5. The maximum atomic E-state index is 13.5. The summed E-state index contributed by atoms with van der Waals surface area (Å²) >= 11 is 0. The molecule has 0 saturated heterocycles. The lowest BCUT2D eigenvalue weighted by molar-refractivity contribution is -0.115. The number of anilines is 1. The summed E-state index contributed by atoms with van der Waals surface area (Å²) in [5, 5.41) is 1.96. The van der Waals surface area contributed by atoms with Gasteiger partial charge in [-0.3, -0.25) is 4.79 Å². The fraction of sp³-hybridized carbons (Fsp3) is 0.188. The van der Waals surface area contributed by atoms with Gasteiger partial charge in [0.15, 0.2) is 17.5 Å². The van der Waals surface area contributed by atoms with Crippen molar-refractivity contribution < 1.29 is 31.1 Å². The van der Waals surface area contributed by atoms with Crippen LogP contribution in [-0.2, 0) is 14.8 Å². The summed E-state index contributed by atoms with van der Waals surface area (Å²) in [6.07, 6.45) is 0. The lowest BCUT2D eigenvalue weighted by atomic mass is 10.2. The molecule has 0 spiro atoms. The van der Waals surface area contributed by atoms with Gasteiger partial charge in [0.2, 0.25) is 15.9 Å². The molecule has 0 aromatic heterocycles. The zero-order valence-corrected chi connectivity index (χ0v) is 14.6. The van der Waals surface area contributed by atoms with Gasteiger partial charge in [0.1, 0.15) is 10.6 Å². The van der Waals surface area contributed by atoms with Gasteiger partial charge in [-0.1, -0.05) is 6.07 Å². The number of benzene rings is 2. The minimum absolute atomic E-state index is 0.0789. The van der Waals surface area contributed by atoms with Gasteiger partial charge in [-0.25, -0.2) is 26.3 Å². The summed E-state index contributed by atoms with van der Waals surface area (Å²) in [6.45, 7) is 0.925. The van der Waals surface area contributed by atoms with Gasteiger partial charge in [-0.15, -0.1) is 0 Å². The van der Waals surface area contributed by atoms with E-state index in [4.69, 9.17) is 4.74 Å². The van der Waals surface area contributed by atoms with Gasteiger partial charge in [0.25, 0.3) is 0 Å². The molecule has 26 heavy (non-hydrogen) atoms. The van der Waals surface area contributed by atoms with Gasteiger partial charge in [-0.05, 0) is 36.8 Å². The maximum Gasteiger partial charge on any atom is 0.244 e. The number of amides is 1. The smallest absolute Gasteiger partial charge is 0.244 e. The second kappa shape index (κ2) is 7.75. The summed E-state index contributed by atoms with van der Waals surface area (Å²) in [5.74, 6) is -5.62. The molecule has 2 aromatic carbocycles. The van der Waals surface area contributed by atoms with Crippen molar-refractivity contribution in [3.05, 3.63) is 53.3 Å². The average Bonchev–Trinajstić information content (AvgIpc) is 2.60. The molecule has 2 aromatic rings. The number of hydrogen-bond donors (Lipinski definition) is 2. The van der Waals surface area contributed by atoms with E-state index < -0.39 is 45.6 Å². The van der Waals surface area contributed by atoms with Crippen molar-refractivity contribution in [1.29, 1.82) is 0 Å². The predicted molar refractivity (Wildman–Crippen MR) is 87.9 cm³/mol. The number of carbonyl (C=O) groups is 1. The Balaban J connectivity index is 2.12. The van der Waals surface area contributed by atoms with Crippen LogP contribution in [0.4, 0.5) is 18.9 Å². The summed E-state index contributed by atoms with van der Waals surface area (Å²) < 4.78 is 71.2. The molecule has 0 radical (unpaired) electrons. The van der Waals surface area contributed by atoms with E-state index in [0.717, 1.165) is 6.07 Å². The third-order valence-electron chi connectivity index (χ3n) is 3.34. The number of sulfonamides is 1. The summed E-state index contributed by atoms with van der Waals surface area (Å²) in [7, 11) is -2.81. The number of halogens is 3. The minimum Gasteiger partial charge on any atom is -0.495 e. The Morgan fingerprint density at radius 2 is 1.81 bits per heavy atom. The van der Waals surface area contributed by atoms with E-state index in [-0.39, 0.29) is 10.6 Å². The van der Waals surface area contributed by atoms with E-state index in [1.807, 2.05) is 10.0 Å². The van der Waals surface area contributed by atoms with Gasteiger partial charge < -0.3 is 10.1 Å². The van der Waals surface area contributed by atoms with Crippen LogP contribution in [-0.4, -0.2) is 28.0 Å². The highest BCUT2D eigenvalue weighted by molar-refractivity contribution is 7.89. The molecule has 2 rings (SSSR count). The molecule has 6 nitrogen and oxygen atoms in total. The summed E-state index contributed by atoms with van der Waals surface area (Å²) in [4.78, 5) is 11.6. The number of nitrogens with one attached hydrogen (secondary N) is 2. The van der Waals surface area contributed by atoms with E-state index in [2.05, 4.69) is 0 Å². The van der Waals surface area contributed by atoms with Crippen molar-refractivity contribution in [2.75, 3.05) is 19.0 Å². The molecule has 10 heteroatoms. The molecule has 2 N–H and O–H groups in total. The van der Waals surface area contributed by atoms with Crippen LogP contribution >= 0.6 is 0 Å². The van der Waals surface area contributed by atoms with Crippen LogP contribution in [0.3, 0.4) is 0 Å². The average molecular weight is 388 g/mol. The van der Waals surface area contributed by atoms with Crippen LogP contribution in [0.15, 0.2) is 35.2 Å². The number of rotatable bonds is 6. The van der Waals surface area contributed by atoms with Crippen molar-refractivity contribution in [2.45, 2.75) is 11.8 Å². The lowest BCUT2D eigenvalue weighted by Gasteiger charge is -2.12. The first-order valence-electron chi connectivity index (χ1n) is 7.23. The van der Waals surface area contributed by atoms with Crippen molar-refractivity contribution in [3.8, 4) is 5.75 Å². The molecule has 0 aliphatic heterocycles. The Bertz CT molecular complexity index is 949. The van der Waals surface area contributed by atoms with Crippen LogP contribution < -0.4 is 14.8 Å². The molecular formula is C16H15F3N2O4S. The number of ether oxygens (including phenoxy) is 1. The molecule has 0 aliphatic carbocycles. The third kappa shape index (κ3) is 4.33. The topological polar surface area (TPSA) is 84.5 Å². The number of carbonyl (C=O) groups excluding carboxylic acids is 1. The molecular weight excluding hydrogens is 373 g/mol. The zero-order valence-electron chi connectivity index (χ0n) is 13.8. The molecule has 0 atom stereocenters. The monoisotopic (exact) mass is 388 g/mol. The first kappa shape index (κ1) is 19.7. The summed E-state index contributed by atoms with van der Waals surface area (Å²) in [6, 6.07) is 5.92. The van der Waals surface area contributed by atoms with E-state index in [9.17, 15) is 26.4 Å². The highest BCUT2D eigenvalue weighted by Crippen LogP contribution is 2.24. The Morgan fingerprint density at radius 3 is 2.46 bits per heavy atom. The maximum absolute atomic E-state index is 13.5. The normalized spacial score (nSPS) is 11.3. The first-order valence-corrected chi connectivity index (χ1v) is 8.71. The molecule has 0 saturated carbocycles. The van der Waals surface area contributed by atoms with Crippen molar-refractivity contribution in [2.24, 2.45) is 0 Å². The Morgan fingerprint density at radius 1 is 1.12 bits per heavy atom. The number of hydrogen-bond acceptors (Lipinski definition) is 4. The SMILES string of the molecule is COc1ccc(C)cc1S(=O)(=O)NCC(=O)Nc1ccc(F)c(F)c1F. The first-order chi connectivity index (χ1) is 12.2. The van der Waals surface area contributed by atoms with Crippen LogP contribution in [0.25, 0.3) is 0 Å². The molecule has 0 heterocycles. The highest BCUT2D eigenvalue weighted by Gasteiger charge is 2.21. The Hall–Kier alpha value is -2.59. The third-order valence-corrected chi connectivity index (χ3v) is 4.76. The van der Waals surface area contributed by atoms with E-state index >= 15 is 0 Å². The van der Waals surface area contributed by atoms with Crippen LogP contribution in [0.2, 0.25) is 0 Å². The van der Waals surface area contributed by atoms with Crippen LogP contribution in [0.5, 0.6) is 5.75 Å². The highest BCUT2D eigenvalue weighted by atomic mass is 32.2. The van der Waals surface area contributed by atoms with E-state index in [1.54, 1.807) is 13.0 Å². The fourth-order valence-electron chi connectivity index (χ4n) is 2.05. The molecule has 0 unspecified atom stereocenters. The Kier molecular flexibility index (Phi) is 5.88. The molecule has 0 bridgehead atoms. The van der Waals surface area contributed by atoms with Gasteiger partial charge in [0.05, 0.1) is 19.3 Å². The lowest BCUT2D eigenvalue weighted by Crippen LogP contribution is -2.33. The van der Waals surface area contributed by atoms with Crippen LogP contribution in [0, 0.1) is 24.4 Å². The molecule has 140 valence electrons. The number of aryl methyl sites for hydroxylation is 1. The second-order valence-electron chi connectivity index (χ2n) is 5.25. The second-order valence-corrected chi connectivity index (χ2v) is 6.99.